The number of carbonyl (C=O) groups is 1. The number of nitrogens with zero attached hydrogens (tertiary/aromatic N) is 4. The summed E-state index contributed by atoms with van der Waals surface area (Å²) in [6.45, 7) is 9.70. The van der Waals surface area contributed by atoms with Crippen LogP contribution in [0.4, 0.5) is 5.13 Å². The van der Waals surface area contributed by atoms with Crippen molar-refractivity contribution in [3.05, 3.63) is 51.8 Å². The normalized spacial score (nSPS) is 10.8. The fourth-order valence-electron chi connectivity index (χ4n) is 2.52. The lowest BCUT2D eigenvalue weighted by atomic mass is 10.1. The van der Waals surface area contributed by atoms with Gasteiger partial charge in [-0.25, -0.2) is 14.6 Å². The first-order valence-corrected chi connectivity index (χ1v) is 9.56. The van der Waals surface area contributed by atoms with E-state index in [1.54, 1.807) is 0 Å². The van der Waals surface area contributed by atoms with Gasteiger partial charge in [0.15, 0.2) is 5.13 Å². The number of thiazole rings is 2. The SMILES string of the molecule is C=CCc1c(C)nn(-c2nc(CC(=O)Nc3nc(C)cs3)cs2)c1C. The Labute approximate surface area is 154 Å². The third-order valence-corrected chi connectivity index (χ3v) is 5.46. The number of carbonyl (C=O) groups excluding carboxylic acids is 1. The van der Waals surface area contributed by atoms with Gasteiger partial charge < -0.3 is 5.32 Å². The second-order valence-electron chi connectivity index (χ2n) is 5.69. The molecule has 25 heavy (non-hydrogen) atoms. The molecule has 3 aromatic heterocycles. The smallest absolute Gasteiger partial charge is 0.232 e. The van der Waals surface area contributed by atoms with Crippen LogP contribution in [0.25, 0.3) is 5.13 Å². The number of hydrogen-bond donors (Lipinski definition) is 1. The van der Waals surface area contributed by atoms with Gasteiger partial charge in [-0.2, -0.15) is 5.10 Å². The Morgan fingerprint density at radius 1 is 1.28 bits per heavy atom. The second-order valence-corrected chi connectivity index (χ2v) is 7.39. The van der Waals surface area contributed by atoms with E-state index in [1.165, 1.54) is 28.2 Å². The molecule has 0 aliphatic carbocycles. The molecule has 1 amide bonds. The molecule has 1 N–H and O–H groups in total. The van der Waals surface area contributed by atoms with Gasteiger partial charge in [-0.15, -0.1) is 29.3 Å². The van der Waals surface area contributed by atoms with Crippen LogP contribution < -0.4 is 5.32 Å². The number of rotatable bonds is 6. The lowest BCUT2D eigenvalue weighted by Crippen LogP contribution is -2.14. The minimum Gasteiger partial charge on any atom is -0.302 e. The van der Waals surface area contributed by atoms with Crippen molar-refractivity contribution >= 4 is 33.7 Å². The molecule has 8 heteroatoms. The molecule has 130 valence electrons. The highest BCUT2D eigenvalue weighted by Crippen LogP contribution is 2.22. The van der Waals surface area contributed by atoms with Crippen LogP contribution in [0.15, 0.2) is 23.4 Å². The largest absolute Gasteiger partial charge is 0.302 e. The first-order valence-electron chi connectivity index (χ1n) is 7.80. The lowest BCUT2D eigenvalue weighted by molar-refractivity contribution is -0.115. The lowest BCUT2D eigenvalue weighted by Gasteiger charge is -2.01. The Hall–Kier alpha value is -2.32. The van der Waals surface area contributed by atoms with Gasteiger partial charge in [-0.05, 0) is 27.2 Å². The highest BCUT2D eigenvalue weighted by atomic mass is 32.1. The molecular weight excluding hydrogens is 354 g/mol. The third-order valence-electron chi connectivity index (χ3n) is 3.72. The van der Waals surface area contributed by atoms with Gasteiger partial charge >= 0.3 is 0 Å². The number of aryl methyl sites for hydroxylation is 2. The molecule has 3 rings (SSSR count). The van der Waals surface area contributed by atoms with Gasteiger partial charge in [-0.1, -0.05) is 6.08 Å². The van der Waals surface area contributed by atoms with Gasteiger partial charge in [0.2, 0.25) is 11.0 Å². The van der Waals surface area contributed by atoms with Gasteiger partial charge in [0.1, 0.15) is 0 Å². The summed E-state index contributed by atoms with van der Waals surface area (Å²) in [6.07, 6.45) is 2.87. The summed E-state index contributed by atoms with van der Waals surface area (Å²) in [5, 5.41) is 12.6. The zero-order valence-corrected chi connectivity index (χ0v) is 16.0. The van der Waals surface area contributed by atoms with Crippen LogP contribution in [0.5, 0.6) is 0 Å². The van der Waals surface area contributed by atoms with E-state index in [0.29, 0.717) is 5.13 Å². The van der Waals surface area contributed by atoms with Crippen LogP contribution in [-0.2, 0) is 17.6 Å². The number of nitrogens with one attached hydrogen (secondary N) is 1. The number of anilines is 1. The van der Waals surface area contributed by atoms with E-state index in [0.717, 1.165) is 34.3 Å². The minimum absolute atomic E-state index is 0.119. The molecule has 3 aromatic rings. The summed E-state index contributed by atoms with van der Waals surface area (Å²) >= 11 is 2.90. The maximum Gasteiger partial charge on any atom is 0.232 e. The Kier molecular flexibility index (Phi) is 5.10. The number of allylic oxidation sites excluding steroid dienone is 1. The van der Waals surface area contributed by atoms with Crippen LogP contribution in [0, 0.1) is 20.8 Å². The molecule has 0 aromatic carbocycles. The summed E-state index contributed by atoms with van der Waals surface area (Å²) in [5.41, 5.74) is 4.83. The van der Waals surface area contributed by atoms with Gasteiger partial charge in [0, 0.05) is 22.0 Å². The van der Waals surface area contributed by atoms with E-state index in [-0.39, 0.29) is 12.3 Å². The van der Waals surface area contributed by atoms with E-state index < -0.39 is 0 Å². The van der Waals surface area contributed by atoms with Crippen molar-refractivity contribution in [2.24, 2.45) is 0 Å². The average molecular weight is 374 g/mol. The highest BCUT2D eigenvalue weighted by Gasteiger charge is 2.15. The number of hydrogen-bond acceptors (Lipinski definition) is 6. The number of amides is 1. The highest BCUT2D eigenvalue weighted by molar-refractivity contribution is 7.14. The quantitative estimate of drug-likeness (QED) is 0.670. The van der Waals surface area contributed by atoms with Crippen LogP contribution in [0.1, 0.15) is 28.3 Å². The number of aromatic nitrogens is 4. The Morgan fingerprint density at radius 3 is 2.76 bits per heavy atom. The standard InChI is InChI=1S/C17H19N5OS2/c1-5-6-14-11(3)21-22(12(14)4)17-19-13(9-25-17)7-15(23)20-16-18-10(2)8-24-16/h5,8-9H,1,6-7H2,2-4H3,(H,18,20,23). The predicted molar refractivity (Wildman–Crippen MR) is 102 cm³/mol. The van der Waals surface area contributed by atoms with Crippen molar-refractivity contribution in [1.29, 1.82) is 0 Å². The monoisotopic (exact) mass is 373 g/mol. The first kappa shape index (κ1) is 17.5. The molecule has 0 unspecified atom stereocenters. The fourth-order valence-corrected chi connectivity index (χ4v) is 4.04. The third kappa shape index (κ3) is 3.85. The second kappa shape index (κ2) is 7.28. The van der Waals surface area contributed by atoms with E-state index in [4.69, 9.17) is 0 Å². The Morgan fingerprint density at radius 2 is 2.08 bits per heavy atom. The molecule has 0 aliphatic rings. The van der Waals surface area contributed by atoms with Crippen molar-refractivity contribution in [2.45, 2.75) is 33.6 Å². The van der Waals surface area contributed by atoms with E-state index in [1.807, 2.05) is 42.3 Å². The van der Waals surface area contributed by atoms with Crippen molar-refractivity contribution in [3.8, 4) is 5.13 Å². The summed E-state index contributed by atoms with van der Waals surface area (Å²) in [4.78, 5) is 20.9. The minimum atomic E-state index is -0.119. The molecular formula is C17H19N5OS2. The average Bonchev–Trinajstić information content (AvgIpc) is 3.24. The summed E-state index contributed by atoms with van der Waals surface area (Å²) < 4.78 is 1.84. The zero-order chi connectivity index (χ0) is 18.0. The van der Waals surface area contributed by atoms with Crippen molar-refractivity contribution in [2.75, 3.05) is 5.32 Å². The van der Waals surface area contributed by atoms with Crippen molar-refractivity contribution < 1.29 is 4.79 Å². The molecule has 0 bridgehead atoms. The maximum atomic E-state index is 12.1. The van der Waals surface area contributed by atoms with Crippen LogP contribution in [0.2, 0.25) is 0 Å². The van der Waals surface area contributed by atoms with Crippen LogP contribution >= 0.6 is 22.7 Å². The van der Waals surface area contributed by atoms with E-state index in [2.05, 4.69) is 27.0 Å². The molecule has 0 aliphatic heterocycles. The predicted octanol–water partition coefficient (Wildman–Crippen LogP) is 3.62. The molecule has 0 saturated carbocycles. The van der Waals surface area contributed by atoms with Gasteiger partial charge in [0.25, 0.3) is 0 Å². The van der Waals surface area contributed by atoms with Crippen molar-refractivity contribution in [1.82, 2.24) is 19.7 Å². The molecule has 0 fully saturated rings. The van der Waals surface area contributed by atoms with Crippen molar-refractivity contribution in [3.63, 3.8) is 0 Å². The summed E-state index contributed by atoms with van der Waals surface area (Å²) in [5.74, 6) is -0.119. The topological polar surface area (TPSA) is 72.7 Å². The van der Waals surface area contributed by atoms with Crippen LogP contribution in [0.3, 0.4) is 0 Å². The Balaban J connectivity index is 1.73. The summed E-state index contributed by atoms with van der Waals surface area (Å²) in [7, 11) is 0. The fraction of sp³-hybridized carbons (Fsp3) is 0.294. The molecule has 3 heterocycles. The molecule has 0 spiro atoms. The maximum absolute atomic E-state index is 12.1. The van der Waals surface area contributed by atoms with E-state index >= 15 is 0 Å². The van der Waals surface area contributed by atoms with E-state index in [9.17, 15) is 4.79 Å². The molecule has 0 saturated heterocycles. The Bertz CT molecular complexity index is 922. The van der Waals surface area contributed by atoms with Gasteiger partial charge in [0.05, 0.1) is 23.5 Å². The molecule has 0 atom stereocenters. The first-order chi connectivity index (χ1) is 12.0. The van der Waals surface area contributed by atoms with Crippen LogP contribution in [-0.4, -0.2) is 25.7 Å². The zero-order valence-electron chi connectivity index (χ0n) is 14.4. The molecule has 0 radical (unpaired) electrons. The summed E-state index contributed by atoms with van der Waals surface area (Å²) in [6, 6.07) is 0. The van der Waals surface area contributed by atoms with Gasteiger partial charge in [-0.3, -0.25) is 4.79 Å². The molecule has 6 nitrogen and oxygen atoms in total.